The number of nitriles is 1. The van der Waals surface area contributed by atoms with E-state index in [9.17, 15) is 25.1 Å². The van der Waals surface area contributed by atoms with Crippen molar-refractivity contribution in [2.24, 2.45) is 0 Å². The molecule has 6 rings (SSSR count). The molecule has 1 saturated heterocycles. The molecular formula is C44H44ClN5O6. The Bertz CT molecular complexity index is 2240. The van der Waals surface area contributed by atoms with Gasteiger partial charge in [0.15, 0.2) is 0 Å². The number of hydrogen-bond donors (Lipinski definition) is 5. The number of aliphatic hydroxyl groups excluding tert-OH is 1. The number of benzene rings is 4. The standard InChI is InChI=1S/C44H44ClN5O6/c1-27-33(26-56-42-17-41(55-25-31-15-30(18-46)20-47-21-31)34(16-39(42)45)22-49-40(24-51)44(53)54)5-3-7-37(27)38-8-4-6-36(28(38)2)32-11-9-29(10-12-32)19-48-23-35-13-14-43(52)50-35/h3-12,15-17,20-21,35,40,48-49,51H,13-14,19,22-26H2,1-2H3,(H,50,52)(H,53,54). The van der Waals surface area contributed by atoms with Crippen molar-refractivity contribution >= 4 is 23.5 Å². The molecule has 5 aromatic rings. The third-order valence-electron chi connectivity index (χ3n) is 9.98. The third kappa shape index (κ3) is 9.90. The van der Waals surface area contributed by atoms with Crippen LogP contribution in [-0.4, -0.2) is 52.3 Å². The van der Waals surface area contributed by atoms with E-state index >= 15 is 0 Å². The van der Waals surface area contributed by atoms with Crippen molar-refractivity contribution in [1.29, 1.82) is 5.26 Å². The van der Waals surface area contributed by atoms with Crippen LogP contribution in [0.1, 0.15) is 51.8 Å². The van der Waals surface area contributed by atoms with Crippen LogP contribution in [0.3, 0.4) is 0 Å². The molecule has 0 aliphatic carbocycles. The Morgan fingerprint density at radius 3 is 2.38 bits per heavy atom. The molecule has 0 bridgehead atoms. The number of nitrogens with one attached hydrogen (secondary N) is 3. The van der Waals surface area contributed by atoms with Crippen LogP contribution in [-0.2, 0) is 35.9 Å². The molecule has 2 heterocycles. The summed E-state index contributed by atoms with van der Waals surface area (Å²) in [5.74, 6) is -0.297. The van der Waals surface area contributed by atoms with Crippen molar-refractivity contribution in [2.75, 3.05) is 13.2 Å². The molecule has 2 unspecified atom stereocenters. The van der Waals surface area contributed by atoms with E-state index in [1.807, 2.05) is 12.1 Å². The summed E-state index contributed by atoms with van der Waals surface area (Å²) in [6.07, 6.45) is 4.54. The maximum Gasteiger partial charge on any atom is 0.323 e. The first-order valence-electron chi connectivity index (χ1n) is 18.4. The van der Waals surface area contributed by atoms with Crippen molar-refractivity contribution < 1.29 is 29.3 Å². The Hall–Kier alpha value is -5.77. The second-order valence-corrected chi connectivity index (χ2v) is 14.2. The largest absolute Gasteiger partial charge is 0.488 e. The highest BCUT2D eigenvalue weighted by atomic mass is 35.5. The number of halogens is 1. The average molecular weight is 774 g/mol. The van der Waals surface area contributed by atoms with E-state index in [1.165, 1.54) is 11.8 Å². The molecule has 4 aromatic carbocycles. The molecule has 288 valence electrons. The summed E-state index contributed by atoms with van der Waals surface area (Å²) in [6, 6.07) is 27.2. The number of nitrogens with zero attached hydrogens (tertiary/aromatic N) is 2. The van der Waals surface area contributed by atoms with E-state index in [0.29, 0.717) is 39.6 Å². The van der Waals surface area contributed by atoms with Crippen LogP contribution in [0.2, 0.25) is 5.02 Å². The smallest absolute Gasteiger partial charge is 0.323 e. The predicted octanol–water partition coefficient (Wildman–Crippen LogP) is 6.62. The summed E-state index contributed by atoms with van der Waals surface area (Å²) in [5.41, 5.74) is 10.5. The van der Waals surface area contributed by atoms with E-state index in [1.54, 1.807) is 24.4 Å². The van der Waals surface area contributed by atoms with Crippen molar-refractivity contribution in [1.82, 2.24) is 20.9 Å². The summed E-state index contributed by atoms with van der Waals surface area (Å²) >= 11 is 6.73. The summed E-state index contributed by atoms with van der Waals surface area (Å²) in [4.78, 5) is 27.1. The maximum atomic E-state index is 11.5. The fraction of sp³-hybridized carbons (Fsp3) is 0.273. The Labute approximate surface area is 331 Å². The van der Waals surface area contributed by atoms with Gasteiger partial charge < -0.3 is 30.3 Å². The van der Waals surface area contributed by atoms with Crippen LogP contribution in [0.25, 0.3) is 22.3 Å². The SMILES string of the molecule is Cc1c(COc2cc(OCc3cncc(C#N)c3)c(CNC(CO)C(=O)O)cc2Cl)cccc1-c1cccc(-c2ccc(CNCC3CCC(=O)N3)cc2)c1C. The number of ether oxygens (including phenoxy) is 2. The highest BCUT2D eigenvalue weighted by molar-refractivity contribution is 6.32. The average Bonchev–Trinajstić information content (AvgIpc) is 3.62. The zero-order chi connectivity index (χ0) is 39.6. The number of pyridine rings is 1. The van der Waals surface area contributed by atoms with Gasteiger partial charge in [0.05, 0.1) is 17.2 Å². The monoisotopic (exact) mass is 773 g/mol. The van der Waals surface area contributed by atoms with Gasteiger partial charge >= 0.3 is 5.97 Å². The lowest BCUT2D eigenvalue weighted by Gasteiger charge is -2.19. The molecule has 0 radical (unpaired) electrons. The fourth-order valence-corrected chi connectivity index (χ4v) is 7.00. The first kappa shape index (κ1) is 39.9. The van der Waals surface area contributed by atoms with Gasteiger partial charge in [-0.25, -0.2) is 0 Å². The van der Waals surface area contributed by atoms with Crippen molar-refractivity contribution in [3.05, 3.63) is 135 Å². The van der Waals surface area contributed by atoms with Gasteiger partial charge in [0.25, 0.3) is 0 Å². The number of aromatic nitrogens is 1. The molecule has 2 atom stereocenters. The van der Waals surface area contributed by atoms with Crippen LogP contribution in [0.15, 0.2) is 91.3 Å². The number of carboxylic acids is 1. The third-order valence-corrected chi connectivity index (χ3v) is 10.3. The quantitative estimate of drug-likeness (QED) is 0.0694. The lowest BCUT2D eigenvalue weighted by molar-refractivity contribution is -0.140. The number of aliphatic hydroxyl groups is 1. The molecule has 11 nitrogen and oxygen atoms in total. The summed E-state index contributed by atoms with van der Waals surface area (Å²) in [7, 11) is 0. The van der Waals surface area contributed by atoms with Gasteiger partial charge in [-0.3, -0.25) is 19.9 Å². The number of hydrogen-bond acceptors (Lipinski definition) is 9. The van der Waals surface area contributed by atoms with Gasteiger partial charge in [-0.1, -0.05) is 72.3 Å². The van der Waals surface area contributed by atoms with Crippen LogP contribution in [0, 0.1) is 25.2 Å². The van der Waals surface area contributed by atoms with E-state index in [0.717, 1.165) is 58.5 Å². The van der Waals surface area contributed by atoms with E-state index < -0.39 is 18.6 Å². The predicted molar refractivity (Wildman–Crippen MR) is 214 cm³/mol. The molecule has 0 saturated carbocycles. The minimum Gasteiger partial charge on any atom is -0.488 e. The summed E-state index contributed by atoms with van der Waals surface area (Å²) in [6.45, 7) is 5.46. The Morgan fingerprint density at radius 2 is 1.66 bits per heavy atom. The molecule has 1 fully saturated rings. The second-order valence-electron chi connectivity index (χ2n) is 13.8. The minimum absolute atomic E-state index is 0.0482. The highest BCUT2D eigenvalue weighted by Gasteiger charge is 2.21. The van der Waals surface area contributed by atoms with Crippen LogP contribution < -0.4 is 25.4 Å². The molecular weight excluding hydrogens is 730 g/mol. The van der Waals surface area contributed by atoms with Crippen molar-refractivity contribution in [3.8, 4) is 39.8 Å². The molecule has 1 aliphatic rings. The van der Waals surface area contributed by atoms with Crippen LogP contribution in [0.4, 0.5) is 0 Å². The topological polar surface area (TPSA) is 166 Å². The second kappa shape index (κ2) is 18.7. The number of carbonyl (C=O) groups excluding carboxylic acids is 1. The molecule has 12 heteroatoms. The number of rotatable bonds is 17. The molecule has 1 aromatic heterocycles. The van der Waals surface area contributed by atoms with Gasteiger partial charge in [-0.2, -0.15) is 5.26 Å². The maximum absolute atomic E-state index is 11.5. The minimum atomic E-state index is -1.19. The van der Waals surface area contributed by atoms with Crippen molar-refractivity contribution in [2.45, 2.75) is 65.1 Å². The van der Waals surface area contributed by atoms with Gasteiger partial charge in [-0.15, -0.1) is 0 Å². The lowest BCUT2D eigenvalue weighted by atomic mass is 9.89. The zero-order valence-electron chi connectivity index (χ0n) is 31.3. The molecule has 56 heavy (non-hydrogen) atoms. The van der Waals surface area contributed by atoms with E-state index in [2.05, 4.69) is 89.4 Å². The molecule has 5 N–H and O–H groups in total. The summed E-state index contributed by atoms with van der Waals surface area (Å²) in [5, 5.41) is 37.8. The highest BCUT2D eigenvalue weighted by Crippen LogP contribution is 2.37. The van der Waals surface area contributed by atoms with E-state index in [4.69, 9.17) is 21.1 Å². The van der Waals surface area contributed by atoms with Gasteiger partial charge in [0, 0.05) is 61.7 Å². The van der Waals surface area contributed by atoms with Gasteiger partial charge in [0.1, 0.15) is 36.8 Å². The summed E-state index contributed by atoms with van der Waals surface area (Å²) < 4.78 is 12.5. The molecule has 1 aliphatic heterocycles. The number of carboxylic acid groups (broad SMARTS) is 1. The number of carbonyl (C=O) groups is 2. The number of amides is 1. The first-order valence-corrected chi connectivity index (χ1v) is 18.8. The Morgan fingerprint density at radius 1 is 0.929 bits per heavy atom. The molecule has 1 amide bonds. The van der Waals surface area contributed by atoms with E-state index in [-0.39, 0.29) is 31.7 Å². The van der Waals surface area contributed by atoms with Crippen molar-refractivity contribution in [3.63, 3.8) is 0 Å². The molecule has 0 spiro atoms. The van der Waals surface area contributed by atoms with Gasteiger partial charge in [0.2, 0.25) is 5.91 Å². The Kier molecular flexibility index (Phi) is 13.3. The number of aliphatic carboxylic acids is 1. The van der Waals surface area contributed by atoms with Crippen LogP contribution >= 0.6 is 11.6 Å². The fourth-order valence-electron chi connectivity index (χ4n) is 6.76. The lowest BCUT2D eigenvalue weighted by Crippen LogP contribution is -2.39. The first-order chi connectivity index (χ1) is 27.1. The van der Waals surface area contributed by atoms with Crippen LogP contribution in [0.5, 0.6) is 11.5 Å². The zero-order valence-corrected chi connectivity index (χ0v) is 32.0. The normalized spacial score (nSPS) is 14.2. The Balaban J connectivity index is 1.18. The van der Waals surface area contributed by atoms with Gasteiger partial charge in [-0.05, 0) is 76.9 Å².